The Labute approximate surface area is 117 Å². The first-order valence-corrected chi connectivity index (χ1v) is 8.21. The molecule has 0 saturated carbocycles. The van der Waals surface area contributed by atoms with Crippen LogP contribution in [0.2, 0.25) is 6.04 Å². The summed E-state index contributed by atoms with van der Waals surface area (Å²) in [7, 11) is 1.25. The van der Waals surface area contributed by atoms with E-state index >= 15 is 0 Å². The standard InChI is InChI=1S/C16H20O2Si/c1-11(18-12(2)17)14-5-6-15-9-13(7-8-19)3-4-16(15)10-14/h3-6,9-11H,7-8H2,1-2,19H3. The fraction of sp³-hybridized carbons (Fsp3) is 0.312. The minimum absolute atomic E-state index is 0.191. The number of rotatable bonds is 4. The predicted molar refractivity (Wildman–Crippen MR) is 82.6 cm³/mol. The van der Waals surface area contributed by atoms with Crippen LogP contribution in [0.15, 0.2) is 36.4 Å². The second kappa shape index (κ2) is 6.02. The Morgan fingerprint density at radius 1 is 1.21 bits per heavy atom. The highest BCUT2D eigenvalue weighted by molar-refractivity contribution is 6.08. The van der Waals surface area contributed by atoms with Crippen LogP contribution in [0.4, 0.5) is 0 Å². The maximum Gasteiger partial charge on any atom is 0.303 e. The van der Waals surface area contributed by atoms with Gasteiger partial charge in [-0.2, -0.15) is 0 Å². The number of fused-ring (bicyclic) bond motifs is 1. The van der Waals surface area contributed by atoms with Gasteiger partial charge in [0.15, 0.2) is 0 Å². The Morgan fingerprint density at radius 2 is 1.89 bits per heavy atom. The first-order valence-electron chi connectivity index (χ1n) is 6.80. The van der Waals surface area contributed by atoms with Crippen molar-refractivity contribution in [1.82, 2.24) is 0 Å². The van der Waals surface area contributed by atoms with Crippen LogP contribution in [-0.2, 0) is 16.0 Å². The Hall–Kier alpha value is -1.61. The summed E-state index contributed by atoms with van der Waals surface area (Å²) in [4.78, 5) is 11.0. The lowest BCUT2D eigenvalue weighted by atomic mass is 10.0. The fourth-order valence-electron chi connectivity index (χ4n) is 2.33. The maximum absolute atomic E-state index is 11.0. The molecule has 0 bridgehead atoms. The third-order valence-corrected chi connectivity index (χ3v) is 3.78. The second-order valence-corrected chi connectivity index (χ2v) is 5.94. The van der Waals surface area contributed by atoms with Gasteiger partial charge in [-0.05, 0) is 41.3 Å². The summed E-state index contributed by atoms with van der Waals surface area (Å²) < 4.78 is 5.21. The molecule has 19 heavy (non-hydrogen) atoms. The summed E-state index contributed by atoms with van der Waals surface area (Å²) in [5.74, 6) is -0.241. The molecular formula is C16H20O2Si. The van der Waals surface area contributed by atoms with Gasteiger partial charge in [0.25, 0.3) is 0 Å². The van der Waals surface area contributed by atoms with E-state index in [0.717, 1.165) is 5.56 Å². The smallest absolute Gasteiger partial charge is 0.303 e. The molecule has 0 saturated heterocycles. The topological polar surface area (TPSA) is 26.3 Å². The molecule has 3 heteroatoms. The fourth-order valence-corrected chi connectivity index (χ4v) is 2.91. The van der Waals surface area contributed by atoms with Gasteiger partial charge in [-0.15, -0.1) is 0 Å². The largest absolute Gasteiger partial charge is 0.458 e. The van der Waals surface area contributed by atoms with Crippen molar-refractivity contribution in [2.24, 2.45) is 0 Å². The molecule has 2 aromatic rings. The quantitative estimate of drug-likeness (QED) is 0.632. The van der Waals surface area contributed by atoms with Crippen LogP contribution in [0.1, 0.15) is 31.1 Å². The summed E-state index contributed by atoms with van der Waals surface area (Å²) in [6.07, 6.45) is 0.983. The zero-order valence-electron chi connectivity index (χ0n) is 11.8. The summed E-state index contributed by atoms with van der Waals surface area (Å²) >= 11 is 0. The second-order valence-electron chi connectivity index (χ2n) is 4.94. The lowest BCUT2D eigenvalue weighted by Gasteiger charge is -2.13. The van der Waals surface area contributed by atoms with E-state index in [0.29, 0.717) is 0 Å². The van der Waals surface area contributed by atoms with Gasteiger partial charge in [-0.25, -0.2) is 0 Å². The van der Waals surface area contributed by atoms with Crippen LogP contribution in [0.3, 0.4) is 0 Å². The van der Waals surface area contributed by atoms with Crippen molar-refractivity contribution in [1.29, 1.82) is 0 Å². The molecule has 2 aromatic carbocycles. The highest BCUT2D eigenvalue weighted by Gasteiger charge is 2.09. The van der Waals surface area contributed by atoms with E-state index in [1.165, 1.54) is 46.0 Å². The normalized spacial score (nSPS) is 12.5. The number of benzene rings is 2. The van der Waals surface area contributed by atoms with Crippen molar-refractivity contribution in [2.45, 2.75) is 32.4 Å². The number of hydrogen-bond acceptors (Lipinski definition) is 2. The monoisotopic (exact) mass is 272 g/mol. The highest BCUT2D eigenvalue weighted by atomic mass is 28.1. The Morgan fingerprint density at radius 3 is 2.58 bits per heavy atom. The highest BCUT2D eigenvalue weighted by Crippen LogP contribution is 2.24. The predicted octanol–water partition coefficient (Wildman–Crippen LogP) is 2.79. The lowest BCUT2D eigenvalue weighted by molar-refractivity contribution is -0.145. The lowest BCUT2D eigenvalue weighted by Crippen LogP contribution is -2.04. The van der Waals surface area contributed by atoms with E-state index in [2.05, 4.69) is 30.3 Å². The molecule has 2 rings (SSSR count). The molecule has 1 atom stereocenters. The molecule has 0 aromatic heterocycles. The molecule has 2 nitrogen and oxygen atoms in total. The number of carbonyl (C=O) groups excluding carboxylic acids is 1. The minimum atomic E-state index is -0.241. The van der Waals surface area contributed by atoms with E-state index in [1.807, 2.05) is 13.0 Å². The molecule has 0 aliphatic heterocycles. The van der Waals surface area contributed by atoms with Crippen LogP contribution in [0.5, 0.6) is 0 Å². The van der Waals surface area contributed by atoms with Gasteiger partial charge >= 0.3 is 5.97 Å². The SMILES string of the molecule is CC(=O)OC(C)c1ccc2cc(CC[SiH3])ccc2c1. The van der Waals surface area contributed by atoms with Gasteiger partial charge in [-0.1, -0.05) is 36.4 Å². The molecule has 0 spiro atoms. The average Bonchev–Trinajstić information content (AvgIpc) is 2.37. The third-order valence-electron chi connectivity index (χ3n) is 3.28. The van der Waals surface area contributed by atoms with Crippen LogP contribution >= 0.6 is 0 Å². The minimum Gasteiger partial charge on any atom is -0.458 e. The molecule has 0 aliphatic rings. The average molecular weight is 272 g/mol. The number of carbonyl (C=O) groups is 1. The summed E-state index contributed by atoms with van der Waals surface area (Å²) in [5.41, 5.74) is 2.45. The Bertz CT molecular complexity index is 592. The third kappa shape index (κ3) is 3.44. The van der Waals surface area contributed by atoms with Gasteiger partial charge in [0.1, 0.15) is 6.10 Å². The van der Waals surface area contributed by atoms with Crippen molar-refractivity contribution < 1.29 is 9.53 Å². The van der Waals surface area contributed by atoms with Crippen LogP contribution < -0.4 is 0 Å². The molecule has 1 unspecified atom stereocenters. The number of aryl methyl sites for hydroxylation is 1. The summed E-state index contributed by atoms with van der Waals surface area (Å²) in [5, 5.41) is 2.46. The first kappa shape index (κ1) is 13.8. The van der Waals surface area contributed by atoms with Crippen LogP contribution in [0, 0.1) is 0 Å². The first-order chi connectivity index (χ1) is 9.10. The summed E-state index contributed by atoms with van der Waals surface area (Å²) in [6.45, 7) is 3.34. The molecule has 0 N–H and O–H groups in total. The number of esters is 1. The molecule has 0 aliphatic carbocycles. The zero-order valence-corrected chi connectivity index (χ0v) is 13.8. The molecule has 0 amide bonds. The van der Waals surface area contributed by atoms with Gasteiger partial charge < -0.3 is 4.74 Å². The zero-order chi connectivity index (χ0) is 13.8. The van der Waals surface area contributed by atoms with Gasteiger partial charge in [0.2, 0.25) is 0 Å². The van der Waals surface area contributed by atoms with E-state index in [1.54, 1.807) is 0 Å². The molecule has 0 fully saturated rings. The van der Waals surface area contributed by atoms with Crippen molar-refractivity contribution in [3.8, 4) is 0 Å². The van der Waals surface area contributed by atoms with Crippen molar-refractivity contribution in [2.75, 3.05) is 0 Å². The van der Waals surface area contributed by atoms with Crippen molar-refractivity contribution in [3.05, 3.63) is 47.5 Å². The molecule has 100 valence electrons. The maximum atomic E-state index is 11.0. The summed E-state index contributed by atoms with van der Waals surface area (Å²) in [6, 6.07) is 14.2. The molecule has 0 radical (unpaired) electrons. The van der Waals surface area contributed by atoms with Crippen LogP contribution in [-0.4, -0.2) is 16.2 Å². The Kier molecular flexibility index (Phi) is 4.38. The van der Waals surface area contributed by atoms with E-state index in [9.17, 15) is 4.79 Å². The van der Waals surface area contributed by atoms with E-state index in [4.69, 9.17) is 4.74 Å². The van der Waals surface area contributed by atoms with Gasteiger partial charge in [0, 0.05) is 17.2 Å². The van der Waals surface area contributed by atoms with Gasteiger partial charge in [-0.3, -0.25) is 4.79 Å². The van der Waals surface area contributed by atoms with Crippen molar-refractivity contribution >= 4 is 27.0 Å². The van der Waals surface area contributed by atoms with Crippen LogP contribution in [0.25, 0.3) is 10.8 Å². The van der Waals surface area contributed by atoms with Crippen molar-refractivity contribution in [3.63, 3.8) is 0 Å². The molecule has 0 heterocycles. The number of ether oxygens (including phenoxy) is 1. The van der Waals surface area contributed by atoms with E-state index in [-0.39, 0.29) is 12.1 Å². The Balaban J connectivity index is 2.30. The van der Waals surface area contributed by atoms with E-state index < -0.39 is 0 Å². The number of hydrogen-bond donors (Lipinski definition) is 0. The van der Waals surface area contributed by atoms with Gasteiger partial charge in [0.05, 0.1) is 0 Å². The molecular weight excluding hydrogens is 252 g/mol.